The molecule has 3 aliphatic rings. The zero-order valence-electron chi connectivity index (χ0n) is 18.4. The van der Waals surface area contributed by atoms with E-state index in [0.29, 0.717) is 42.9 Å². The SMILES string of the molecule is CNC(=O)[C@@H]1[C@H]2C(=O)N(CCCCCO)C(C(=O)Nc3ccccc3Cl)C23CC[C@@]1(C)O3. The molecule has 174 valence electrons. The van der Waals surface area contributed by atoms with Crippen LogP contribution in [0, 0.1) is 11.8 Å². The van der Waals surface area contributed by atoms with Gasteiger partial charge < -0.3 is 25.4 Å². The van der Waals surface area contributed by atoms with Crippen molar-refractivity contribution < 1.29 is 24.2 Å². The zero-order chi connectivity index (χ0) is 23.1. The zero-order valence-corrected chi connectivity index (χ0v) is 19.2. The number of carbonyl (C=O) groups is 3. The van der Waals surface area contributed by atoms with E-state index >= 15 is 0 Å². The lowest BCUT2D eigenvalue weighted by Crippen LogP contribution is -2.53. The quantitative estimate of drug-likeness (QED) is 0.511. The summed E-state index contributed by atoms with van der Waals surface area (Å²) in [4.78, 5) is 41.6. The molecule has 8 nitrogen and oxygen atoms in total. The first kappa shape index (κ1) is 23.0. The van der Waals surface area contributed by atoms with Gasteiger partial charge in [-0.2, -0.15) is 0 Å². The number of benzene rings is 1. The standard InChI is InChI=1S/C23H30ClN3O5/c1-22-10-11-23(32-22)17(16(22)19(29)25-2)21(31)27(12-6-3-7-13-28)18(23)20(30)26-15-9-5-4-8-14(15)24/h4-5,8-9,16-18,28H,3,6-7,10-13H2,1-2H3,(H,25,29)(H,26,30)/t16-,17-,18?,22+,23?/m0/s1. The molecule has 1 spiro atoms. The van der Waals surface area contributed by atoms with Crippen molar-refractivity contribution in [1.29, 1.82) is 0 Å². The molecule has 3 heterocycles. The average Bonchev–Trinajstić information content (AvgIpc) is 3.33. The summed E-state index contributed by atoms with van der Waals surface area (Å²) in [5, 5.41) is 15.0. The molecule has 1 aromatic rings. The number of aliphatic hydroxyl groups excluding tert-OH is 1. The predicted octanol–water partition coefficient (Wildman–Crippen LogP) is 1.95. The number of likely N-dealkylation sites (tertiary alicyclic amines) is 1. The minimum Gasteiger partial charge on any atom is -0.396 e. The number of hydrogen-bond acceptors (Lipinski definition) is 5. The second-order valence-corrected chi connectivity index (χ2v) is 9.53. The Labute approximate surface area is 192 Å². The Morgan fingerprint density at radius 1 is 1.22 bits per heavy atom. The average molecular weight is 464 g/mol. The Kier molecular flexibility index (Phi) is 6.22. The molecular formula is C23H30ClN3O5. The summed E-state index contributed by atoms with van der Waals surface area (Å²) in [5.74, 6) is -2.17. The van der Waals surface area contributed by atoms with Crippen LogP contribution in [0.3, 0.4) is 0 Å². The second-order valence-electron chi connectivity index (χ2n) is 9.13. The molecule has 9 heteroatoms. The van der Waals surface area contributed by atoms with Gasteiger partial charge >= 0.3 is 0 Å². The molecule has 3 N–H and O–H groups in total. The van der Waals surface area contributed by atoms with E-state index in [2.05, 4.69) is 10.6 Å². The van der Waals surface area contributed by atoms with Crippen LogP contribution in [0.15, 0.2) is 24.3 Å². The second kappa shape index (κ2) is 8.65. The van der Waals surface area contributed by atoms with E-state index in [0.717, 1.165) is 6.42 Å². The Morgan fingerprint density at radius 2 is 1.97 bits per heavy atom. The van der Waals surface area contributed by atoms with Crippen molar-refractivity contribution >= 4 is 35.0 Å². The molecule has 0 saturated carbocycles. The summed E-state index contributed by atoms with van der Waals surface area (Å²) in [7, 11) is 1.55. The fourth-order valence-corrected chi connectivity index (χ4v) is 6.04. The Morgan fingerprint density at radius 3 is 2.66 bits per heavy atom. The van der Waals surface area contributed by atoms with Crippen LogP contribution in [0.25, 0.3) is 0 Å². The maximum absolute atomic E-state index is 13.7. The van der Waals surface area contributed by atoms with Crippen molar-refractivity contribution in [3.05, 3.63) is 29.3 Å². The van der Waals surface area contributed by atoms with Crippen molar-refractivity contribution in [1.82, 2.24) is 10.2 Å². The minimum absolute atomic E-state index is 0.0805. The molecule has 3 saturated heterocycles. The molecule has 3 aliphatic heterocycles. The Balaban J connectivity index is 1.69. The highest BCUT2D eigenvalue weighted by Crippen LogP contribution is 2.63. The van der Waals surface area contributed by atoms with Crippen molar-refractivity contribution in [2.24, 2.45) is 11.8 Å². The van der Waals surface area contributed by atoms with E-state index in [1.165, 1.54) is 0 Å². The maximum Gasteiger partial charge on any atom is 0.250 e. The number of amides is 3. The number of nitrogens with one attached hydrogen (secondary N) is 2. The van der Waals surface area contributed by atoms with Gasteiger partial charge in [0.05, 0.1) is 28.1 Å². The lowest BCUT2D eigenvalue weighted by molar-refractivity contribution is -0.144. The normalized spacial score (nSPS) is 32.8. The lowest BCUT2D eigenvalue weighted by atomic mass is 9.66. The molecule has 0 aromatic heterocycles. The summed E-state index contributed by atoms with van der Waals surface area (Å²) < 4.78 is 6.48. The van der Waals surface area contributed by atoms with Crippen molar-refractivity contribution in [3.8, 4) is 0 Å². The minimum atomic E-state index is -1.05. The van der Waals surface area contributed by atoms with Gasteiger partial charge in [-0.1, -0.05) is 23.7 Å². The highest BCUT2D eigenvalue weighted by molar-refractivity contribution is 6.33. The summed E-state index contributed by atoms with van der Waals surface area (Å²) >= 11 is 6.25. The monoisotopic (exact) mass is 463 g/mol. The van der Waals surface area contributed by atoms with E-state index in [1.807, 2.05) is 6.92 Å². The van der Waals surface area contributed by atoms with Crippen LogP contribution >= 0.6 is 11.6 Å². The van der Waals surface area contributed by atoms with Crippen molar-refractivity contribution in [2.75, 3.05) is 25.5 Å². The van der Waals surface area contributed by atoms with Crippen LogP contribution in [0.2, 0.25) is 5.02 Å². The summed E-state index contributed by atoms with van der Waals surface area (Å²) in [6.07, 6.45) is 3.13. The van der Waals surface area contributed by atoms with Crippen molar-refractivity contribution in [2.45, 2.75) is 56.3 Å². The van der Waals surface area contributed by atoms with E-state index in [-0.39, 0.29) is 24.3 Å². The summed E-state index contributed by atoms with van der Waals surface area (Å²) in [5.41, 5.74) is -1.37. The molecular weight excluding hydrogens is 434 g/mol. The van der Waals surface area contributed by atoms with Gasteiger partial charge in [-0.05, 0) is 51.2 Å². The molecule has 3 amide bonds. The lowest BCUT2D eigenvalue weighted by Gasteiger charge is -2.33. The van der Waals surface area contributed by atoms with E-state index < -0.39 is 29.1 Å². The molecule has 3 fully saturated rings. The number of para-hydroxylation sites is 1. The number of nitrogens with zero attached hydrogens (tertiary/aromatic N) is 1. The molecule has 1 aromatic carbocycles. The van der Waals surface area contributed by atoms with E-state index in [9.17, 15) is 14.4 Å². The van der Waals surface area contributed by atoms with E-state index in [1.54, 1.807) is 36.2 Å². The number of anilines is 1. The largest absolute Gasteiger partial charge is 0.396 e. The van der Waals surface area contributed by atoms with Gasteiger partial charge in [0.15, 0.2) is 0 Å². The van der Waals surface area contributed by atoms with Gasteiger partial charge in [-0.3, -0.25) is 14.4 Å². The van der Waals surface area contributed by atoms with Crippen LogP contribution < -0.4 is 10.6 Å². The van der Waals surface area contributed by atoms with Crippen LogP contribution in [0.4, 0.5) is 5.69 Å². The molecule has 2 unspecified atom stereocenters. The number of ether oxygens (including phenoxy) is 1. The number of carbonyl (C=O) groups excluding carboxylic acids is 3. The summed E-state index contributed by atoms with van der Waals surface area (Å²) in [6, 6.07) is 6.08. The summed E-state index contributed by atoms with van der Waals surface area (Å²) in [6.45, 7) is 2.30. The Bertz CT molecular complexity index is 927. The first-order valence-electron chi connectivity index (χ1n) is 11.2. The third-order valence-corrected chi connectivity index (χ3v) is 7.57. The van der Waals surface area contributed by atoms with E-state index in [4.69, 9.17) is 21.4 Å². The van der Waals surface area contributed by atoms with Gasteiger partial charge in [-0.25, -0.2) is 0 Å². The first-order chi connectivity index (χ1) is 15.3. The number of rotatable bonds is 8. The first-order valence-corrected chi connectivity index (χ1v) is 11.6. The molecule has 2 bridgehead atoms. The van der Waals surface area contributed by atoms with Crippen LogP contribution in [0.5, 0.6) is 0 Å². The van der Waals surface area contributed by atoms with Gasteiger partial charge in [0.2, 0.25) is 17.7 Å². The van der Waals surface area contributed by atoms with Gasteiger partial charge in [0, 0.05) is 20.2 Å². The van der Waals surface area contributed by atoms with Crippen LogP contribution in [-0.4, -0.2) is 65.2 Å². The number of aliphatic hydroxyl groups is 1. The third kappa shape index (κ3) is 3.49. The fourth-order valence-electron chi connectivity index (χ4n) is 5.86. The number of fused-ring (bicyclic) bond motifs is 1. The van der Waals surface area contributed by atoms with Gasteiger partial charge in [-0.15, -0.1) is 0 Å². The molecule has 4 rings (SSSR count). The van der Waals surface area contributed by atoms with Crippen molar-refractivity contribution in [3.63, 3.8) is 0 Å². The topological polar surface area (TPSA) is 108 Å². The molecule has 32 heavy (non-hydrogen) atoms. The molecule has 0 aliphatic carbocycles. The smallest absolute Gasteiger partial charge is 0.250 e. The molecule has 5 atom stereocenters. The van der Waals surface area contributed by atoms with Gasteiger partial charge in [0.25, 0.3) is 0 Å². The molecule has 0 radical (unpaired) electrons. The number of hydrogen-bond donors (Lipinski definition) is 3. The maximum atomic E-state index is 13.7. The highest BCUT2D eigenvalue weighted by Gasteiger charge is 2.77. The highest BCUT2D eigenvalue weighted by atomic mass is 35.5. The number of halogens is 1. The number of unbranched alkanes of at least 4 members (excludes halogenated alkanes) is 2. The third-order valence-electron chi connectivity index (χ3n) is 7.24. The van der Waals surface area contributed by atoms with Crippen LogP contribution in [-0.2, 0) is 19.1 Å². The Hall–Kier alpha value is -2.16. The van der Waals surface area contributed by atoms with Crippen LogP contribution in [0.1, 0.15) is 39.0 Å². The fraction of sp³-hybridized carbons (Fsp3) is 0.609. The predicted molar refractivity (Wildman–Crippen MR) is 119 cm³/mol. The van der Waals surface area contributed by atoms with Gasteiger partial charge in [0.1, 0.15) is 11.6 Å².